The van der Waals surface area contributed by atoms with Crippen molar-refractivity contribution in [3.63, 3.8) is 0 Å². The maximum atomic E-state index is 12.5. The molecule has 5 nitrogen and oxygen atoms in total. The number of hydrogen-bond acceptors (Lipinski definition) is 5. The second-order valence-corrected chi connectivity index (χ2v) is 5.39. The highest BCUT2D eigenvalue weighted by molar-refractivity contribution is 7.91. The molecule has 0 aromatic heterocycles. The average Bonchev–Trinajstić information content (AvgIpc) is 2.36. The van der Waals surface area contributed by atoms with Crippen molar-refractivity contribution in [1.29, 1.82) is 0 Å². The summed E-state index contributed by atoms with van der Waals surface area (Å²) in [5.41, 5.74) is -0.0779. The van der Waals surface area contributed by atoms with E-state index in [1.54, 1.807) is 0 Å². The summed E-state index contributed by atoms with van der Waals surface area (Å²) in [6.07, 6.45) is 0. The number of rotatable bonds is 6. The third-order valence-corrected chi connectivity index (χ3v) is 3.67. The van der Waals surface area contributed by atoms with Gasteiger partial charge in [0.2, 0.25) is 9.84 Å². The molecule has 0 bridgehead atoms. The van der Waals surface area contributed by atoms with Gasteiger partial charge in [0.15, 0.2) is 0 Å². The van der Waals surface area contributed by atoms with Gasteiger partial charge in [0.1, 0.15) is 0 Å². The van der Waals surface area contributed by atoms with Crippen LogP contribution >= 0.6 is 0 Å². The summed E-state index contributed by atoms with van der Waals surface area (Å²) >= 11 is 0. The van der Waals surface area contributed by atoms with Gasteiger partial charge in [0.05, 0.1) is 29.8 Å². The lowest BCUT2D eigenvalue weighted by molar-refractivity contribution is 0.203. The van der Waals surface area contributed by atoms with Crippen LogP contribution < -0.4 is 5.32 Å². The molecule has 1 aromatic rings. The SMILES string of the molecule is O=S(=O)(c1ccccc1NC(CO)CO)C(F)F. The number of hydrogen-bond donors (Lipinski definition) is 3. The van der Waals surface area contributed by atoms with E-state index in [1.165, 1.54) is 18.2 Å². The van der Waals surface area contributed by atoms with Crippen LogP contribution in [0.4, 0.5) is 14.5 Å². The number of aliphatic hydroxyl groups excluding tert-OH is 2. The third kappa shape index (κ3) is 3.15. The second-order valence-electron chi connectivity index (χ2n) is 3.51. The molecule has 102 valence electrons. The van der Waals surface area contributed by atoms with Crippen molar-refractivity contribution in [2.24, 2.45) is 0 Å². The Kier molecular flexibility index (Phi) is 5.00. The van der Waals surface area contributed by atoms with Crippen molar-refractivity contribution in [2.75, 3.05) is 18.5 Å². The number of anilines is 1. The Morgan fingerprint density at radius 2 is 1.72 bits per heavy atom. The summed E-state index contributed by atoms with van der Waals surface area (Å²) in [5.74, 6) is -3.53. The molecular weight excluding hydrogens is 268 g/mol. The van der Waals surface area contributed by atoms with Gasteiger partial charge in [0, 0.05) is 0 Å². The first-order chi connectivity index (χ1) is 8.43. The number of sulfone groups is 1. The topological polar surface area (TPSA) is 86.6 Å². The maximum Gasteiger partial charge on any atom is 0.341 e. The van der Waals surface area contributed by atoms with Gasteiger partial charge in [-0.05, 0) is 12.1 Å². The number of alkyl halides is 2. The first-order valence-corrected chi connectivity index (χ1v) is 6.57. The number of benzene rings is 1. The van der Waals surface area contributed by atoms with Gasteiger partial charge in [-0.3, -0.25) is 0 Å². The van der Waals surface area contributed by atoms with Crippen LogP contribution in [0.3, 0.4) is 0 Å². The summed E-state index contributed by atoms with van der Waals surface area (Å²) < 4.78 is 47.7. The van der Waals surface area contributed by atoms with E-state index >= 15 is 0 Å². The molecule has 0 saturated carbocycles. The number of halogens is 2. The van der Waals surface area contributed by atoms with Gasteiger partial charge < -0.3 is 15.5 Å². The molecule has 1 aromatic carbocycles. The van der Waals surface area contributed by atoms with Crippen LogP contribution in [0.5, 0.6) is 0 Å². The molecule has 0 radical (unpaired) electrons. The molecule has 0 aliphatic heterocycles. The van der Waals surface area contributed by atoms with E-state index in [-0.39, 0.29) is 5.69 Å². The van der Waals surface area contributed by atoms with Crippen molar-refractivity contribution in [2.45, 2.75) is 16.7 Å². The molecule has 0 fully saturated rings. The van der Waals surface area contributed by atoms with Crippen LogP contribution in [0.2, 0.25) is 0 Å². The molecule has 0 heterocycles. The number of nitrogens with one attached hydrogen (secondary N) is 1. The van der Waals surface area contributed by atoms with Gasteiger partial charge >= 0.3 is 5.76 Å². The molecule has 0 aliphatic rings. The molecule has 0 aliphatic carbocycles. The van der Waals surface area contributed by atoms with E-state index in [0.29, 0.717) is 0 Å². The van der Waals surface area contributed by atoms with Crippen LogP contribution in [0, 0.1) is 0 Å². The predicted molar refractivity (Wildman–Crippen MR) is 61.2 cm³/mol. The predicted octanol–water partition coefficient (Wildman–Crippen LogP) is 0.448. The first-order valence-electron chi connectivity index (χ1n) is 5.02. The van der Waals surface area contributed by atoms with E-state index in [4.69, 9.17) is 10.2 Å². The molecule has 0 amide bonds. The van der Waals surface area contributed by atoms with Crippen LogP contribution in [0.25, 0.3) is 0 Å². The molecule has 0 unspecified atom stereocenters. The van der Waals surface area contributed by atoms with E-state index in [2.05, 4.69) is 5.32 Å². The average molecular weight is 281 g/mol. The zero-order chi connectivity index (χ0) is 13.8. The Hall–Kier alpha value is -1.25. The minimum Gasteiger partial charge on any atom is -0.394 e. The van der Waals surface area contributed by atoms with Crippen LogP contribution in [-0.2, 0) is 9.84 Å². The molecule has 0 saturated heterocycles. The second kappa shape index (κ2) is 6.07. The highest BCUT2D eigenvalue weighted by atomic mass is 32.2. The molecule has 0 atom stereocenters. The molecule has 1 rings (SSSR count). The summed E-state index contributed by atoms with van der Waals surface area (Å²) in [5, 5.41) is 20.2. The van der Waals surface area contributed by atoms with E-state index < -0.39 is 39.7 Å². The quantitative estimate of drug-likeness (QED) is 0.704. The summed E-state index contributed by atoms with van der Waals surface area (Å²) in [6, 6.07) is 4.27. The lowest BCUT2D eigenvalue weighted by Crippen LogP contribution is -2.28. The normalized spacial score (nSPS) is 12.1. The van der Waals surface area contributed by atoms with Crippen molar-refractivity contribution < 1.29 is 27.4 Å². The minimum atomic E-state index is -4.73. The number of para-hydroxylation sites is 1. The Labute approximate surface area is 103 Å². The Balaban J connectivity index is 3.15. The summed E-state index contributed by atoms with van der Waals surface area (Å²) in [7, 11) is -4.73. The highest BCUT2D eigenvalue weighted by Gasteiger charge is 2.29. The summed E-state index contributed by atoms with van der Waals surface area (Å²) in [6.45, 7) is -0.918. The fourth-order valence-corrected chi connectivity index (χ4v) is 2.19. The number of aliphatic hydroxyl groups is 2. The third-order valence-electron chi connectivity index (χ3n) is 2.23. The Morgan fingerprint density at radius 3 is 2.22 bits per heavy atom. The van der Waals surface area contributed by atoms with Gasteiger partial charge in [-0.1, -0.05) is 12.1 Å². The van der Waals surface area contributed by atoms with E-state index in [1.807, 2.05) is 0 Å². The molecule has 0 spiro atoms. The van der Waals surface area contributed by atoms with E-state index in [0.717, 1.165) is 6.07 Å². The minimum absolute atomic E-state index is 0.0779. The molecule has 8 heteroatoms. The fraction of sp³-hybridized carbons (Fsp3) is 0.400. The monoisotopic (exact) mass is 281 g/mol. The molecule has 18 heavy (non-hydrogen) atoms. The maximum absolute atomic E-state index is 12.5. The smallest absolute Gasteiger partial charge is 0.341 e. The van der Waals surface area contributed by atoms with Gasteiger partial charge in [0.25, 0.3) is 0 Å². The van der Waals surface area contributed by atoms with Crippen molar-refractivity contribution in [3.8, 4) is 0 Å². The van der Waals surface area contributed by atoms with Crippen LogP contribution in [-0.4, -0.2) is 43.6 Å². The van der Waals surface area contributed by atoms with Gasteiger partial charge in [-0.25, -0.2) is 8.42 Å². The molecular formula is C10H13F2NO4S. The molecule has 3 N–H and O–H groups in total. The highest BCUT2D eigenvalue weighted by Crippen LogP contribution is 2.26. The standard InChI is InChI=1S/C10H13F2NO4S/c11-10(12)18(16,17)9-4-2-1-3-8(9)13-7(5-14)6-15/h1-4,7,10,13-15H,5-6H2. The Bertz CT molecular complexity index is 488. The Morgan fingerprint density at radius 1 is 1.17 bits per heavy atom. The van der Waals surface area contributed by atoms with Crippen LogP contribution in [0.1, 0.15) is 0 Å². The first kappa shape index (κ1) is 14.8. The lowest BCUT2D eigenvalue weighted by Gasteiger charge is -2.17. The zero-order valence-electron chi connectivity index (χ0n) is 9.25. The van der Waals surface area contributed by atoms with Gasteiger partial charge in [-0.15, -0.1) is 0 Å². The van der Waals surface area contributed by atoms with Crippen molar-refractivity contribution in [1.82, 2.24) is 0 Å². The fourth-order valence-electron chi connectivity index (χ4n) is 1.30. The zero-order valence-corrected chi connectivity index (χ0v) is 10.1. The van der Waals surface area contributed by atoms with E-state index in [9.17, 15) is 17.2 Å². The largest absolute Gasteiger partial charge is 0.394 e. The van der Waals surface area contributed by atoms with Gasteiger partial charge in [-0.2, -0.15) is 8.78 Å². The summed E-state index contributed by atoms with van der Waals surface area (Å²) in [4.78, 5) is -0.563. The lowest BCUT2D eigenvalue weighted by atomic mass is 10.2. The van der Waals surface area contributed by atoms with Crippen LogP contribution in [0.15, 0.2) is 29.2 Å². The van der Waals surface area contributed by atoms with Crippen molar-refractivity contribution in [3.05, 3.63) is 24.3 Å². The van der Waals surface area contributed by atoms with Crippen molar-refractivity contribution >= 4 is 15.5 Å².